The van der Waals surface area contributed by atoms with E-state index in [1.807, 2.05) is 6.92 Å². The van der Waals surface area contributed by atoms with Gasteiger partial charge in [0.15, 0.2) is 10.9 Å². The van der Waals surface area contributed by atoms with E-state index in [9.17, 15) is 14.7 Å². The number of aryl methyl sites for hydroxylation is 2. The number of nitrogens with one attached hydrogen (secondary N) is 1. The summed E-state index contributed by atoms with van der Waals surface area (Å²) in [5, 5.41) is 13.5. The van der Waals surface area contributed by atoms with Crippen LogP contribution in [0.3, 0.4) is 0 Å². The minimum atomic E-state index is -0.449. The zero-order valence-electron chi connectivity index (χ0n) is 18.6. The van der Waals surface area contributed by atoms with Crippen LogP contribution in [0.15, 0.2) is 42.3 Å². The molecule has 2 fully saturated rings. The number of hydrogen-bond donors (Lipinski definition) is 2. The first-order chi connectivity index (χ1) is 15.4. The molecule has 5 atom stereocenters. The molecule has 168 valence electrons. The average Bonchev–Trinajstić information content (AvgIpc) is 3.29. The van der Waals surface area contributed by atoms with Crippen molar-refractivity contribution >= 4 is 28.2 Å². The molecular weight excluding hydrogens is 420 g/mol. The van der Waals surface area contributed by atoms with Crippen molar-refractivity contribution in [1.82, 2.24) is 4.98 Å². The summed E-state index contributed by atoms with van der Waals surface area (Å²) < 4.78 is 0. The van der Waals surface area contributed by atoms with Crippen LogP contribution in [-0.4, -0.2) is 21.8 Å². The molecule has 0 spiro atoms. The highest BCUT2D eigenvalue weighted by molar-refractivity contribution is 7.15. The van der Waals surface area contributed by atoms with Gasteiger partial charge in [-0.1, -0.05) is 31.2 Å². The third-order valence-corrected chi connectivity index (χ3v) is 9.02. The minimum Gasteiger partial charge on any atom is -0.515 e. The molecule has 2 N–H and O–H groups in total. The number of fused-ring (bicyclic) bond motifs is 5. The third-order valence-electron chi connectivity index (χ3n) is 8.19. The van der Waals surface area contributed by atoms with Crippen molar-refractivity contribution < 1.29 is 14.7 Å². The highest BCUT2D eigenvalue weighted by Gasteiger charge is 2.60. The molecule has 1 heterocycles. The number of anilines is 1. The van der Waals surface area contributed by atoms with Crippen molar-refractivity contribution in [2.75, 3.05) is 5.32 Å². The normalized spacial score (nSPS) is 32.3. The van der Waals surface area contributed by atoms with Gasteiger partial charge < -0.3 is 10.4 Å². The molecule has 32 heavy (non-hydrogen) atoms. The predicted octanol–water partition coefficient (Wildman–Crippen LogP) is 5.57. The summed E-state index contributed by atoms with van der Waals surface area (Å²) in [6.07, 6.45) is 7.61. The van der Waals surface area contributed by atoms with Crippen LogP contribution >= 0.6 is 11.3 Å². The number of Topliss-reactive ketones (excluding diaryl/α,β-unsaturated/α-hetero) is 1. The van der Waals surface area contributed by atoms with Crippen molar-refractivity contribution in [2.24, 2.45) is 23.2 Å². The van der Waals surface area contributed by atoms with E-state index >= 15 is 0 Å². The van der Waals surface area contributed by atoms with Gasteiger partial charge in [-0.25, -0.2) is 4.98 Å². The minimum absolute atomic E-state index is 0.0839. The Morgan fingerprint density at radius 1 is 1.34 bits per heavy atom. The smallest absolute Gasteiger partial charge is 0.226 e. The lowest BCUT2D eigenvalue weighted by Crippen LogP contribution is -2.44. The fourth-order valence-corrected chi connectivity index (χ4v) is 7.52. The first kappa shape index (κ1) is 21.4. The SMILES string of the molecule is Cc1cnc(NC(=O)CC[C@@H]2/C(=C\O)C(=O)[C@@]3(C)CCC4c5ccccc5CCC4C23)s1. The van der Waals surface area contributed by atoms with Gasteiger partial charge in [0.05, 0.1) is 6.26 Å². The monoisotopic (exact) mass is 450 g/mol. The Hall–Kier alpha value is -2.47. The van der Waals surface area contributed by atoms with Crippen molar-refractivity contribution in [1.29, 1.82) is 0 Å². The average molecular weight is 451 g/mol. The molecule has 3 unspecified atom stereocenters. The van der Waals surface area contributed by atoms with Gasteiger partial charge in [-0.05, 0) is 73.8 Å². The number of hydrogen-bond acceptors (Lipinski definition) is 5. The number of ketones is 1. The maximum atomic E-state index is 13.4. The molecule has 1 amide bonds. The number of allylic oxidation sites excluding steroid dienone is 1. The molecule has 3 aliphatic carbocycles. The topological polar surface area (TPSA) is 79.3 Å². The van der Waals surface area contributed by atoms with E-state index in [2.05, 4.69) is 41.5 Å². The second-order valence-electron chi connectivity index (χ2n) is 9.87. The number of carbonyl (C=O) groups is 2. The first-order valence-corrected chi connectivity index (χ1v) is 12.4. The fraction of sp³-hybridized carbons (Fsp3) is 0.500. The van der Waals surface area contributed by atoms with E-state index in [4.69, 9.17) is 0 Å². The molecule has 3 aliphatic rings. The number of nitrogens with zero attached hydrogens (tertiary/aromatic N) is 1. The highest BCUT2D eigenvalue weighted by atomic mass is 32.1. The molecule has 0 aliphatic heterocycles. The quantitative estimate of drug-likeness (QED) is 0.471. The van der Waals surface area contributed by atoms with E-state index < -0.39 is 5.41 Å². The molecule has 6 heteroatoms. The molecule has 5 nitrogen and oxygen atoms in total. The summed E-state index contributed by atoms with van der Waals surface area (Å²) in [5.41, 5.74) is 2.95. The van der Waals surface area contributed by atoms with Crippen LogP contribution in [0.2, 0.25) is 0 Å². The van der Waals surface area contributed by atoms with E-state index in [0.29, 0.717) is 35.4 Å². The van der Waals surface area contributed by atoms with Gasteiger partial charge in [0, 0.05) is 28.5 Å². The van der Waals surface area contributed by atoms with Gasteiger partial charge in [0.1, 0.15) is 0 Å². The lowest BCUT2D eigenvalue weighted by atomic mass is 9.54. The second-order valence-corrected chi connectivity index (χ2v) is 11.1. The predicted molar refractivity (Wildman–Crippen MR) is 126 cm³/mol. The van der Waals surface area contributed by atoms with Crippen LogP contribution in [0.5, 0.6) is 0 Å². The molecule has 1 aromatic heterocycles. The summed E-state index contributed by atoms with van der Waals surface area (Å²) in [4.78, 5) is 31.3. The number of aromatic nitrogens is 1. The summed E-state index contributed by atoms with van der Waals surface area (Å²) in [7, 11) is 0. The number of amides is 1. The summed E-state index contributed by atoms with van der Waals surface area (Å²) in [5.74, 6) is 0.940. The standard InChI is InChI=1S/C26H30N2O3S/c1-15-13-27-25(32-15)28-22(30)10-9-20-21(14-29)24(31)26(2)12-11-18-17-6-4-3-5-16(17)7-8-19(18)23(20)26/h3-6,13-14,18-20,23,29H,7-12H2,1-2H3,(H,27,28,30)/b21-14+/t18?,19?,20-,23?,26+/m1/s1. The van der Waals surface area contributed by atoms with Crippen LogP contribution in [0.25, 0.3) is 0 Å². The number of carbonyl (C=O) groups excluding carboxylic acids is 2. The van der Waals surface area contributed by atoms with Gasteiger partial charge in [-0.3, -0.25) is 9.59 Å². The zero-order chi connectivity index (χ0) is 22.5. The maximum Gasteiger partial charge on any atom is 0.226 e. The molecular formula is C26H30N2O3S. The van der Waals surface area contributed by atoms with Crippen LogP contribution in [0.1, 0.15) is 60.9 Å². The van der Waals surface area contributed by atoms with Crippen LogP contribution in [0, 0.1) is 30.1 Å². The molecule has 2 saturated carbocycles. The van der Waals surface area contributed by atoms with Crippen LogP contribution in [0.4, 0.5) is 5.13 Å². The Bertz CT molecular complexity index is 1090. The van der Waals surface area contributed by atoms with Gasteiger partial charge in [0.25, 0.3) is 0 Å². The van der Waals surface area contributed by atoms with Gasteiger partial charge >= 0.3 is 0 Å². The van der Waals surface area contributed by atoms with E-state index in [1.165, 1.54) is 22.5 Å². The molecule has 1 aromatic carbocycles. The Morgan fingerprint density at radius 3 is 2.91 bits per heavy atom. The van der Waals surface area contributed by atoms with Crippen LogP contribution < -0.4 is 5.32 Å². The lowest BCUT2D eigenvalue weighted by molar-refractivity contribution is -0.127. The molecule has 0 bridgehead atoms. The number of rotatable bonds is 4. The zero-order valence-corrected chi connectivity index (χ0v) is 19.5. The van der Waals surface area contributed by atoms with Crippen molar-refractivity contribution in [3.05, 3.63) is 58.3 Å². The van der Waals surface area contributed by atoms with Gasteiger partial charge in [0.2, 0.25) is 5.91 Å². The molecule has 0 saturated heterocycles. The number of aliphatic hydroxyl groups is 1. The largest absolute Gasteiger partial charge is 0.515 e. The number of aliphatic hydroxyl groups excluding tert-OH is 1. The third kappa shape index (κ3) is 3.40. The lowest BCUT2D eigenvalue weighted by Gasteiger charge is -2.49. The highest BCUT2D eigenvalue weighted by Crippen LogP contribution is 2.63. The number of thiazole rings is 1. The van der Waals surface area contributed by atoms with E-state index in [0.717, 1.165) is 36.8 Å². The Balaban J connectivity index is 1.40. The Labute approximate surface area is 193 Å². The summed E-state index contributed by atoms with van der Waals surface area (Å²) in [6, 6.07) is 8.73. The molecule has 2 aromatic rings. The molecule has 0 radical (unpaired) electrons. The second kappa shape index (κ2) is 8.14. The summed E-state index contributed by atoms with van der Waals surface area (Å²) in [6.45, 7) is 4.05. The fourth-order valence-electron chi connectivity index (χ4n) is 6.84. The van der Waals surface area contributed by atoms with E-state index in [-0.39, 0.29) is 23.5 Å². The van der Waals surface area contributed by atoms with Crippen LogP contribution in [-0.2, 0) is 16.0 Å². The van der Waals surface area contributed by atoms with Crippen molar-refractivity contribution in [3.63, 3.8) is 0 Å². The molecule has 5 rings (SSSR count). The van der Waals surface area contributed by atoms with Crippen molar-refractivity contribution in [2.45, 2.75) is 58.3 Å². The van der Waals surface area contributed by atoms with Crippen molar-refractivity contribution in [3.8, 4) is 0 Å². The Kier molecular flexibility index (Phi) is 5.44. The van der Waals surface area contributed by atoms with Gasteiger partial charge in [-0.2, -0.15) is 0 Å². The Morgan fingerprint density at radius 2 is 2.16 bits per heavy atom. The van der Waals surface area contributed by atoms with Gasteiger partial charge in [-0.15, -0.1) is 11.3 Å². The maximum absolute atomic E-state index is 13.4. The summed E-state index contributed by atoms with van der Waals surface area (Å²) >= 11 is 1.46. The van der Waals surface area contributed by atoms with E-state index in [1.54, 1.807) is 6.20 Å². The first-order valence-electron chi connectivity index (χ1n) is 11.6. The number of benzene rings is 1.